The maximum atomic E-state index is 13.4. The van der Waals surface area contributed by atoms with E-state index in [1.165, 1.54) is 5.56 Å². The second-order valence-corrected chi connectivity index (χ2v) is 9.28. The first kappa shape index (κ1) is 24.6. The van der Waals surface area contributed by atoms with E-state index in [-0.39, 0.29) is 17.4 Å². The van der Waals surface area contributed by atoms with Crippen LogP contribution in [0.2, 0.25) is 0 Å². The number of nitrogens with one attached hydrogen (secondary N) is 1. The molecule has 1 N–H and O–H groups in total. The van der Waals surface area contributed by atoms with Gasteiger partial charge in [0.15, 0.2) is 0 Å². The molecule has 0 heterocycles. The summed E-state index contributed by atoms with van der Waals surface area (Å²) in [4.78, 5) is 28.2. The molecule has 0 aromatic heterocycles. The average molecular weight is 423 g/mol. The Hall–Kier alpha value is -2.62. The van der Waals surface area contributed by atoms with Crippen molar-refractivity contribution in [1.82, 2.24) is 10.2 Å². The lowest BCUT2D eigenvalue weighted by atomic mass is 10.0. The van der Waals surface area contributed by atoms with Gasteiger partial charge in [-0.05, 0) is 69.2 Å². The number of carbonyl (C=O) groups excluding carboxylic acids is 2. The number of benzene rings is 2. The second-order valence-electron chi connectivity index (χ2n) is 9.28. The van der Waals surface area contributed by atoms with Crippen molar-refractivity contribution in [1.29, 1.82) is 0 Å². The molecular weight excluding hydrogens is 384 g/mol. The maximum absolute atomic E-state index is 13.4. The molecule has 0 saturated heterocycles. The summed E-state index contributed by atoms with van der Waals surface area (Å²) in [5.74, 6) is -0.0806. The Morgan fingerprint density at radius 2 is 1.58 bits per heavy atom. The number of nitrogens with zero attached hydrogens (tertiary/aromatic N) is 1. The first-order valence-corrected chi connectivity index (χ1v) is 11.4. The van der Waals surface area contributed by atoms with Crippen LogP contribution in [0, 0.1) is 6.92 Å². The highest BCUT2D eigenvalue weighted by molar-refractivity contribution is 5.88. The van der Waals surface area contributed by atoms with Crippen LogP contribution in [0.15, 0.2) is 48.5 Å². The lowest BCUT2D eigenvalue weighted by molar-refractivity contribution is -0.142. The third-order valence-electron chi connectivity index (χ3n) is 5.54. The summed E-state index contributed by atoms with van der Waals surface area (Å²) in [5, 5.41) is 3.06. The Morgan fingerprint density at radius 3 is 2.13 bits per heavy atom. The number of rotatable bonds is 9. The third-order valence-corrected chi connectivity index (χ3v) is 5.54. The zero-order valence-electron chi connectivity index (χ0n) is 20.0. The lowest BCUT2D eigenvalue weighted by Crippen LogP contribution is -2.53. The number of amides is 2. The van der Waals surface area contributed by atoms with Gasteiger partial charge in [-0.3, -0.25) is 9.59 Å². The molecule has 0 aliphatic heterocycles. The van der Waals surface area contributed by atoms with Crippen LogP contribution in [0.5, 0.6) is 0 Å². The van der Waals surface area contributed by atoms with Crippen LogP contribution >= 0.6 is 0 Å². The van der Waals surface area contributed by atoms with Gasteiger partial charge >= 0.3 is 0 Å². The van der Waals surface area contributed by atoms with Crippen LogP contribution in [0.1, 0.15) is 69.7 Å². The second kappa shape index (κ2) is 11.1. The fourth-order valence-electron chi connectivity index (χ4n) is 3.68. The van der Waals surface area contributed by atoms with E-state index < -0.39 is 6.04 Å². The molecule has 1 atom stereocenters. The van der Waals surface area contributed by atoms with Gasteiger partial charge < -0.3 is 10.2 Å². The molecule has 2 aromatic rings. The number of hydrogen-bond acceptors (Lipinski definition) is 2. The Bertz CT molecular complexity index is 866. The van der Waals surface area contributed by atoms with Crippen molar-refractivity contribution in [3.05, 3.63) is 70.8 Å². The fraction of sp³-hybridized carbons (Fsp3) is 0.481. The van der Waals surface area contributed by atoms with Crippen LogP contribution in [0.4, 0.5) is 0 Å². The molecule has 31 heavy (non-hydrogen) atoms. The summed E-state index contributed by atoms with van der Waals surface area (Å²) in [5.41, 5.74) is 4.30. The van der Waals surface area contributed by atoms with Crippen molar-refractivity contribution >= 4 is 11.8 Å². The lowest BCUT2D eigenvalue weighted by Gasteiger charge is -2.33. The molecule has 0 spiro atoms. The van der Waals surface area contributed by atoms with Crippen LogP contribution in [0.3, 0.4) is 0 Å². The molecule has 0 radical (unpaired) electrons. The quantitative estimate of drug-likeness (QED) is 0.603. The monoisotopic (exact) mass is 422 g/mol. The standard InChI is InChI=1S/C27H38N2O2/c1-7-21-13-15-22(16-14-21)17-18-25(30)29(19-23-12-10-9-11-20(23)3)24(8-2)26(31)28-27(4,5)6/h9-16,24H,7-8,17-19H2,1-6H3,(H,28,31)/t24-/m0/s1. The summed E-state index contributed by atoms with van der Waals surface area (Å²) in [6.07, 6.45) is 2.64. The molecular formula is C27H38N2O2. The molecule has 0 aliphatic carbocycles. The molecule has 4 heteroatoms. The summed E-state index contributed by atoms with van der Waals surface area (Å²) in [7, 11) is 0. The van der Waals surface area contributed by atoms with Crippen LogP contribution in [-0.2, 0) is 29.0 Å². The summed E-state index contributed by atoms with van der Waals surface area (Å²) in [6, 6.07) is 16.0. The number of carbonyl (C=O) groups is 2. The SMILES string of the molecule is CCc1ccc(CCC(=O)N(Cc2ccccc2C)[C@@H](CC)C(=O)NC(C)(C)C)cc1. The van der Waals surface area contributed by atoms with E-state index in [0.717, 1.165) is 23.1 Å². The van der Waals surface area contributed by atoms with Gasteiger partial charge in [0.2, 0.25) is 11.8 Å². The molecule has 0 unspecified atom stereocenters. The van der Waals surface area contributed by atoms with Crippen molar-refractivity contribution in [2.24, 2.45) is 0 Å². The summed E-state index contributed by atoms with van der Waals surface area (Å²) < 4.78 is 0. The van der Waals surface area contributed by atoms with Crippen LogP contribution in [-0.4, -0.2) is 28.3 Å². The van der Waals surface area contributed by atoms with Gasteiger partial charge in [0.25, 0.3) is 0 Å². The van der Waals surface area contributed by atoms with Crippen molar-refractivity contribution in [2.75, 3.05) is 0 Å². The Balaban J connectivity index is 2.22. The van der Waals surface area contributed by atoms with Crippen molar-refractivity contribution in [3.8, 4) is 0 Å². The number of aryl methyl sites for hydroxylation is 3. The predicted molar refractivity (Wildman–Crippen MR) is 128 cm³/mol. The van der Waals surface area contributed by atoms with Gasteiger partial charge in [-0.15, -0.1) is 0 Å². The zero-order valence-corrected chi connectivity index (χ0v) is 20.0. The molecule has 2 amide bonds. The molecule has 168 valence electrons. The van der Waals surface area contributed by atoms with E-state index in [1.54, 1.807) is 4.90 Å². The van der Waals surface area contributed by atoms with Gasteiger partial charge in [-0.1, -0.05) is 62.4 Å². The highest BCUT2D eigenvalue weighted by Gasteiger charge is 2.30. The molecule has 0 fully saturated rings. The molecule has 4 nitrogen and oxygen atoms in total. The van der Waals surface area contributed by atoms with E-state index >= 15 is 0 Å². The van der Waals surface area contributed by atoms with Crippen molar-refractivity contribution < 1.29 is 9.59 Å². The van der Waals surface area contributed by atoms with Crippen molar-refractivity contribution in [3.63, 3.8) is 0 Å². The first-order valence-electron chi connectivity index (χ1n) is 11.4. The largest absolute Gasteiger partial charge is 0.350 e. The average Bonchev–Trinajstić information content (AvgIpc) is 2.72. The molecule has 0 aliphatic rings. The van der Waals surface area contributed by atoms with Gasteiger partial charge in [0.05, 0.1) is 0 Å². The van der Waals surface area contributed by atoms with E-state index in [1.807, 2.05) is 58.9 Å². The minimum atomic E-state index is -0.492. The topological polar surface area (TPSA) is 49.4 Å². The summed E-state index contributed by atoms with van der Waals surface area (Å²) in [6.45, 7) is 12.5. The Kier molecular flexibility index (Phi) is 8.85. The van der Waals surface area contributed by atoms with Crippen molar-refractivity contribution in [2.45, 2.75) is 85.4 Å². The van der Waals surface area contributed by atoms with Crippen LogP contribution in [0.25, 0.3) is 0 Å². The predicted octanol–water partition coefficient (Wildman–Crippen LogP) is 5.21. The summed E-state index contributed by atoms with van der Waals surface area (Å²) >= 11 is 0. The molecule has 2 rings (SSSR count). The number of hydrogen-bond donors (Lipinski definition) is 1. The van der Waals surface area contributed by atoms with E-state index in [4.69, 9.17) is 0 Å². The minimum Gasteiger partial charge on any atom is -0.350 e. The van der Waals surface area contributed by atoms with Gasteiger partial charge in [-0.2, -0.15) is 0 Å². The Morgan fingerprint density at radius 1 is 0.968 bits per heavy atom. The van der Waals surface area contributed by atoms with E-state index in [9.17, 15) is 9.59 Å². The smallest absolute Gasteiger partial charge is 0.243 e. The third kappa shape index (κ3) is 7.54. The minimum absolute atomic E-state index is 0.0127. The molecule has 0 bridgehead atoms. The Labute approximate surface area is 188 Å². The first-order chi connectivity index (χ1) is 14.6. The van der Waals surface area contributed by atoms with Gasteiger partial charge in [0.1, 0.15) is 6.04 Å². The molecule has 0 saturated carbocycles. The maximum Gasteiger partial charge on any atom is 0.243 e. The van der Waals surface area contributed by atoms with E-state index in [2.05, 4.69) is 36.5 Å². The molecule has 2 aromatic carbocycles. The normalized spacial score (nSPS) is 12.3. The highest BCUT2D eigenvalue weighted by Crippen LogP contribution is 2.18. The van der Waals surface area contributed by atoms with Gasteiger partial charge in [0, 0.05) is 18.5 Å². The van der Waals surface area contributed by atoms with E-state index in [0.29, 0.717) is 25.8 Å². The highest BCUT2D eigenvalue weighted by atomic mass is 16.2. The fourth-order valence-corrected chi connectivity index (χ4v) is 3.68. The zero-order chi connectivity index (χ0) is 23.0. The van der Waals surface area contributed by atoms with Gasteiger partial charge in [-0.25, -0.2) is 0 Å². The van der Waals surface area contributed by atoms with Crippen LogP contribution < -0.4 is 5.32 Å².